The fourth-order valence-corrected chi connectivity index (χ4v) is 6.16. The lowest BCUT2D eigenvalue weighted by atomic mass is 10.0. The number of halogens is 1. The zero-order valence-electron chi connectivity index (χ0n) is 23.8. The largest absolute Gasteiger partial charge is 0.458 e. The second kappa shape index (κ2) is 12.2. The lowest BCUT2D eigenvalue weighted by Crippen LogP contribution is -2.56. The Morgan fingerprint density at radius 1 is 1.19 bits per heavy atom. The summed E-state index contributed by atoms with van der Waals surface area (Å²) in [6, 6.07) is 12.3. The Labute approximate surface area is 251 Å². The van der Waals surface area contributed by atoms with Crippen LogP contribution in [0, 0.1) is 6.57 Å². The number of piperazine rings is 1. The number of carbonyl (C=O) groups excluding carboxylic acids is 1. The third-order valence-corrected chi connectivity index (χ3v) is 8.45. The molecule has 1 aliphatic carbocycles. The average molecular weight is 587 g/mol. The van der Waals surface area contributed by atoms with Gasteiger partial charge in [0.2, 0.25) is 12.5 Å². The molecule has 2 aliphatic heterocycles. The van der Waals surface area contributed by atoms with Crippen LogP contribution < -0.4 is 14.5 Å². The van der Waals surface area contributed by atoms with Crippen molar-refractivity contribution in [2.75, 3.05) is 49.1 Å². The number of anilines is 2. The minimum atomic E-state index is -0.250. The summed E-state index contributed by atoms with van der Waals surface area (Å²) in [5.41, 5.74) is 3.06. The molecule has 1 aromatic heterocycles. The first-order valence-corrected chi connectivity index (χ1v) is 14.9. The maximum absolute atomic E-state index is 12.5. The maximum atomic E-state index is 12.5. The van der Waals surface area contributed by atoms with Crippen LogP contribution in [0.1, 0.15) is 31.0 Å². The number of fused-ring (bicyclic) bond motifs is 2. The van der Waals surface area contributed by atoms with Gasteiger partial charge >= 0.3 is 6.01 Å². The van der Waals surface area contributed by atoms with Crippen LogP contribution in [0.3, 0.4) is 0 Å². The predicted molar refractivity (Wildman–Crippen MR) is 164 cm³/mol. The summed E-state index contributed by atoms with van der Waals surface area (Å²) in [7, 11) is 0. The molecule has 0 N–H and O–H groups in total. The van der Waals surface area contributed by atoms with Gasteiger partial charge < -0.3 is 29.0 Å². The van der Waals surface area contributed by atoms with E-state index in [2.05, 4.69) is 45.5 Å². The quantitative estimate of drug-likeness (QED) is 0.260. The van der Waals surface area contributed by atoms with E-state index in [-0.39, 0.29) is 24.6 Å². The second-order valence-electron chi connectivity index (χ2n) is 11.2. The van der Waals surface area contributed by atoms with Crippen molar-refractivity contribution in [1.82, 2.24) is 14.9 Å². The van der Waals surface area contributed by atoms with Crippen molar-refractivity contribution in [1.29, 1.82) is 0 Å². The molecule has 3 aliphatic rings. The van der Waals surface area contributed by atoms with Crippen molar-refractivity contribution in [3.05, 3.63) is 76.8 Å². The van der Waals surface area contributed by atoms with Gasteiger partial charge in [-0.1, -0.05) is 42.4 Å². The lowest BCUT2D eigenvalue weighted by Gasteiger charge is -2.41. The number of hydrogen-bond acceptors (Lipinski definition) is 7. The molecule has 2 aromatic carbocycles. The number of rotatable bonds is 9. The molecule has 1 saturated heterocycles. The molecule has 218 valence electrons. The number of carbonyl (C=O) groups is 1. The number of nitrogens with zero attached hydrogens (tertiary/aromatic N) is 6. The Morgan fingerprint density at radius 3 is 2.76 bits per heavy atom. The highest BCUT2D eigenvalue weighted by Crippen LogP contribution is 2.37. The summed E-state index contributed by atoms with van der Waals surface area (Å²) >= 11 is 6.69. The fraction of sp³-hybridized carbons (Fsp3) is 0.438. The molecular formula is C32H35ClN6O3. The van der Waals surface area contributed by atoms with Gasteiger partial charge in [-0.15, -0.1) is 0 Å². The zero-order chi connectivity index (χ0) is 29.2. The Morgan fingerprint density at radius 2 is 2.00 bits per heavy atom. The number of aromatic nitrogens is 2. The number of ether oxygens (including phenoxy) is 2. The van der Waals surface area contributed by atoms with Crippen molar-refractivity contribution in [2.24, 2.45) is 0 Å². The van der Waals surface area contributed by atoms with Gasteiger partial charge in [0.05, 0.1) is 30.0 Å². The van der Waals surface area contributed by atoms with Crippen LogP contribution in [-0.2, 0) is 22.5 Å². The summed E-state index contributed by atoms with van der Waals surface area (Å²) in [5.74, 6) is 0.674. The van der Waals surface area contributed by atoms with Gasteiger partial charge in [0.1, 0.15) is 18.0 Å². The zero-order valence-corrected chi connectivity index (χ0v) is 24.6. The summed E-state index contributed by atoms with van der Waals surface area (Å²) in [6.07, 6.45) is 4.41. The van der Waals surface area contributed by atoms with Gasteiger partial charge in [-0.25, -0.2) is 6.57 Å². The molecular weight excluding hydrogens is 552 g/mol. The number of amides is 1. The number of benzene rings is 2. The van der Waals surface area contributed by atoms with Gasteiger partial charge in [0, 0.05) is 42.8 Å². The second-order valence-corrected chi connectivity index (χ2v) is 11.6. The monoisotopic (exact) mass is 586 g/mol. The molecule has 1 saturated carbocycles. The SMILES string of the molecule is [C-]#[N+]C[C@H]1CN(c2nc(O[C@H](C)COC3CC3)nc3c2CCN(c2cccc4cccc(Cl)c24)C3)CCN1C(=O)C=C. The van der Waals surface area contributed by atoms with Gasteiger partial charge in [-0.2, -0.15) is 9.97 Å². The normalized spacial score (nSPS) is 19.3. The first-order valence-electron chi connectivity index (χ1n) is 14.6. The first kappa shape index (κ1) is 28.3. The molecule has 10 heteroatoms. The predicted octanol–water partition coefficient (Wildman–Crippen LogP) is 4.91. The smallest absolute Gasteiger partial charge is 0.319 e. The third-order valence-electron chi connectivity index (χ3n) is 8.13. The number of hydrogen-bond donors (Lipinski definition) is 0. The van der Waals surface area contributed by atoms with Crippen LogP contribution >= 0.6 is 11.6 Å². The van der Waals surface area contributed by atoms with E-state index >= 15 is 0 Å². The van der Waals surface area contributed by atoms with Gasteiger partial charge in [-0.05, 0) is 49.8 Å². The Bertz CT molecular complexity index is 1530. The van der Waals surface area contributed by atoms with Crippen LogP contribution in [-0.4, -0.2) is 78.4 Å². The minimum absolute atomic E-state index is 0.147. The molecule has 6 rings (SSSR count). The Kier molecular flexibility index (Phi) is 8.18. The molecule has 3 aromatic rings. The molecule has 2 atom stereocenters. The summed E-state index contributed by atoms with van der Waals surface area (Å²) in [4.78, 5) is 32.3. The van der Waals surface area contributed by atoms with E-state index in [1.165, 1.54) is 6.08 Å². The van der Waals surface area contributed by atoms with Crippen LogP contribution in [0.2, 0.25) is 5.02 Å². The highest BCUT2D eigenvalue weighted by molar-refractivity contribution is 6.36. The van der Waals surface area contributed by atoms with E-state index in [1.807, 2.05) is 19.1 Å². The molecule has 0 bridgehead atoms. The Hall–Kier alpha value is -3.87. The van der Waals surface area contributed by atoms with E-state index in [9.17, 15) is 4.79 Å². The van der Waals surface area contributed by atoms with Crippen LogP contribution in [0.15, 0.2) is 49.1 Å². The molecule has 3 heterocycles. The highest BCUT2D eigenvalue weighted by Gasteiger charge is 2.35. The van der Waals surface area contributed by atoms with Crippen molar-refractivity contribution in [3.8, 4) is 6.01 Å². The third kappa shape index (κ3) is 5.87. The summed E-state index contributed by atoms with van der Waals surface area (Å²) < 4.78 is 12.1. The average Bonchev–Trinajstić information content (AvgIpc) is 3.84. The van der Waals surface area contributed by atoms with Crippen molar-refractivity contribution in [2.45, 2.75) is 51.0 Å². The van der Waals surface area contributed by atoms with E-state index in [4.69, 9.17) is 37.6 Å². The van der Waals surface area contributed by atoms with Gasteiger partial charge in [0.25, 0.3) is 0 Å². The van der Waals surface area contributed by atoms with Gasteiger partial charge in [0.15, 0.2) is 0 Å². The van der Waals surface area contributed by atoms with E-state index < -0.39 is 0 Å². The minimum Gasteiger partial charge on any atom is -0.458 e. The molecule has 0 unspecified atom stereocenters. The van der Waals surface area contributed by atoms with Crippen LogP contribution in [0.25, 0.3) is 15.6 Å². The summed E-state index contributed by atoms with van der Waals surface area (Å²) in [5, 5.41) is 2.86. The molecule has 0 radical (unpaired) electrons. The molecule has 0 spiro atoms. The summed E-state index contributed by atoms with van der Waals surface area (Å²) in [6.45, 7) is 16.8. The van der Waals surface area contributed by atoms with Crippen LogP contribution in [0.5, 0.6) is 6.01 Å². The fourth-order valence-electron chi connectivity index (χ4n) is 5.89. The Balaban J connectivity index is 1.33. The molecule has 2 fully saturated rings. The van der Waals surface area contributed by atoms with Gasteiger partial charge in [-0.3, -0.25) is 4.79 Å². The highest BCUT2D eigenvalue weighted by atomic mass is 35.5. The van der Waals surface area contributed by atoms with E-state index in [0.717, 1.165) is 64.4 Å². The maximum Gasteiger partial charge on any atom is 0.319 e. The van der Waals surface area contributed by atoms with Crippen molar-refractivity contribution in [3.63, 3.8) is 0 Å². The van der Waals surface area contributed by atoms with Crippen LogP contribution in [0.4, 0.5) is 11.5 Å². The molecule has 42 heavy (non-hydrogen) atoms. The molecule has 9 nitrogen and oxygen atoms in total. The standard InChI is InChI=1S/C32H35ClN6O3/c1-4-29(40)39-16-15-38(18-23(39)17-34-3)31-25-13-14-37(28-10-6-8-22-7-5-9-26(33)30(22)28)19-27(25)35-32(36-31)42-21(2)20-41-24-11-12-24/h4-10,21,23-24H,1,11-20H2,2H3/t21-,23+/m1/s1. The van der Waals surface area contributed by atoms with E-state index in [0.29, 0.717) is 44.9 Å². The first-order chi connectivity index (χ1) is 20.4. The van der Waals surface area contributed by atoms with Crippen molar-refractivity contribution < 1.29 is 14.3 Å². The lowest BCUT2D eigenvalue weighted by molar-refractivity contribution is -0.128. The van der Waals surface area contributed by atoms with Crippen molar-refractivity contribution >= 4 is 39.8 Å². The topological polar surface area (TPSA) is 75.4 Å². The molecule has 1 amide bonds. The van der Waals surface area contributed by atoms with E-state index in [1.54, 1.807) is 4.90 Å².